The number of rotatable bonds is 5. The normalized spacial score (nSPS) is 22.4. The highest BCUT2D eigenvalue weighted by atomic mass is 15.3. The second kappa shape index (κ2) is 7.39. The molecule has 3 nitrogen and oxygen atoms in total. The molecule has 1 aliphatic heterocycles. The fraction of sp³-hybridized carbons (Fsp3) is 0.667. The predicted molar refractivity (Wildman–Crippen MR) is 90.9 cm³/mol. The molecule has 0 aromatic heterocycles. The number of piperazine rings is 1. The zero-order chi connectivity index (χ0) is 15.4. The minimum Gasteiger partial charge on any atom is -0.312 e. The van der Waals surface area contributed by atoms with Crippen LogP contribution in [0.1, 0.15) is 36.1 Å². The van der Waals surface area contributed by atoms with E-state index < -0.39 is 0 Å². The number of benzene rings is 1. The minimum atomic E-state index is 0.422. The van der Waals surface area contributed by atoms with Gasteiger partial charge in [0.1, 0.15) is 0 Å². The van der Waals surface area contributed by atoms with Crippen LogP contribution in [0.3, 0.4) is 0 Å². The van der Waals surface area contributed by atoms with Crippen molar-refractivity contribution in [3.05, 3.63) is 34.9 Å². The van der Waals surface area contributed by atoms with Crippen LogP contribution in [0.2, 0.25) is 0 Å². The van der Waals surface area contributed by atoms with Gasteiger partial charge in [0.05, 0.1) is 0 Å². The molecule has 2 rings (SSSR count). The van der Waals surface area contributed by atoms with Crippen LogP contribution in [-0.2, 0) is 0 Å². The Morgan fingerprint density at radius 3 is 2.71 bits per heavy atom. The third-order valence-electron chi connectivity index (χ3n) is 4.93. The smallest absolute Gasteiger partial charge is 0.0449 e. The maximum atomic E-state index is 3.52. The van der Waals surface area contributed by atoms with E-state index in [0.29, 0.717) is 12.1 Å². The summed E-state index contributed by atoms with van der Waals surface area (Å²) < 4.78 is 0. The van der Waals surface area contributed by atoms with Gasteiger partial charge in [-0.3, -0.25) is 4.90 Å². The Morgan fingerprint density at radius 2 is 2.05 bits per heavy atom. The number of nitrogens with one attached hydrogen (secondary N) is 1. The average Bonchev–Trinajstić information content (AvgIpc) is 2.49. The summed E-state index contributed by atoms with van der Waals surface area (Å²) in [6.45, 7) is 11.3. The Morgan fingerprint density at radius 1 is 1.29 bits per heavy atom. The molecule has 0 aliphatic carbocycles. The summed E-state index contributed by atoms with van der Waals surface area (Å²) in [6, 6.07) is 7.91. The van der Waals surface area contributed by atoms with Crippen LogP contribution in [0.5, 0.6) is 0 Å². The van der Waals surface area contributed by atoms with Gasteiger partial charge in [0, 0.05) is 38.3 Å². The standard InChI is InChI=1S/C18H31N3/c1-6-16-12-21(10-9-20(16)5)13-18(19-4)17-11-14(2)7-8-15(17)3/h7-8,11,16,18-19H,6,9-10,12-13H2,1-5H3. The first-order chi connectivity index (χ1) is 10.0. The lowest BCUT2D eigenvalue weighted by Crippen LogP contribution is -2.52. The Hall–Kier alpha value is -0.900. The Balaban J connectivity index is 2.07. The van der Waals surface area contributed by atoms with Crippen molar-refractivity contribution in [3.63, 3.8) is 0 Å². The van der Waals surface area contributed by atoms with Crippen LogP contribution in [0.15, 0.2) is 18.2 Å². The summed E-state index contributed by atoms with van der Waals surface area (Å²) in [5.41, 5.74) is 4.19. The van der Waals surface area contributed by atoms with Gasteiger partial charge in [0.15, 0.2) is 0 Å². The van der Waals surface area contributed by atoms with Crippen LogP contribution in [-0.4, -0.2) is 56.1 Å². The summed E-state index contributed by atoms with van der Waals surface area (Å²) in [6.07, 6.45) is 1.24. The monoisotopic (exact) mass is 289 g/mol. The highest BCUT2D eigenvalue weighted by molar-refractivity contribution is 5.33. The molecule has 1 aromatic carbocycles. The molecule has 3 heteroatoms. The van der Waals surface area contributed by atoms with E-state index in [1.165, 1.54) is 42.7 Å². The number of aryl methyl sites for hydroxylation is 2. The van der Waals surface area contributed by atoms with Crippen molar-refractivity contribution < 1.29 is 0 Å². The molecule has 0 radical (unpaired) electrons. The zero-order valence-corrected chi connectivity index (χ0v) is 14.3. The van der Waals surface area contributed by atoms with Crippen molar-refractivity contribution in [1.82, 2.24) is 15.1 Å². The Labute approximate surface area is 130 Å². The van der Waals surface area contributed by atoms with Gasteiger partial charge in [0.25, 0.3) is 0 Å². The molecule has 1 aromatic rings. The van der Waals surface area contributed by atoms with Crippen LogP contribution < -0.4 is 5.32 Å². The van der Waals surface area contributed by atoms with E-state index in [2.05, 4.69) is 68.2 Å². The average molecular weight is 289 g/mol. The highest BCUT2D eigenvalue weighted by Crippen LogP contribution is 2.21. The van der Waals surface area contributed by atoms with Gasteiger partial charge in [-0.15, -0.1) is 0 Å². The van der Waals surface area contributed by atoms with Gasteiger partial charge in [-0.1, -0.05) is 30.7 Å². The SMILES string of the molecule is CCC1CN(CC(NC)c2cc(C)ccc2C)CCN1C. The molecule has 1 saturated heterocycles. The van der Waals surface area contributed by atoms with E-state index in [4.69, 9.17) is 0 Å². The topological polar surface area (TPSA) is 18.5 Å². The molecular weight excluding hydrogens is 258 g/mol. The van der Waals surface area contributed by atoms with E-state index in [-0.39, 0.29) is 0 Å². The Kier molecular flexibility index (Phi) is 5.80. The summed E-state index contributed by atoms with van der Waals surface area (Å²) in [5, 5.41) is 3.52. The molecule has 1 heterocycles. The first-order valence-corrected chi connectivity index (χ1v) is 8.22. The third kappa shape index (κ3) is 4.06. The summed E-state index contributed by atoms with van der Waals surface area (Å²) in [5.74, 6) is 0. The number of hydrogen-bond donors (Lipinski definition) is 1. The maximum absolute atomic E-state index is 3.52. The highest BCUT2D eigenvalue weighted by Gasteiger charge is 2.25. The molecule has 2 atom stereocenters. The van der Waals surface area contributed by atoms with Crippen LogP contribution >= 0.6 is 0 Å². The van der Waals surface area contributed by atoms with E-state index in [1.54, 1.807) is 0 Å². The third-order valence-corrected chi connectivity index (χ3v) is 4.93. The fourth-order valence-corrected chi connectivity index (χ4v) is 3.36. The summed E-state index contributed by atoms with van der Waals surface area (Å²) in [4.78, 5) is 5.12. The number of hydrogen-bond acceptors (Lipinski definition) is 3. The first-order valence-electron chi connectivity index (χ1n) is 8.22. The van der Waals surface area contributed by atoms with E-state index >= 15 is 0 Å². The van der Waals surface area contributed by atoms with Gasteiger partial charge in [-0.05, 0) is 45.5 Å². The quantitative estimate of drug-likeness (QED) is 0.899. The van der Waals surface area contributed by atoms with Crippen LogP contribution in [0.4, 0.5) is 0 Å². The number of likely N-dealkylation sites (N-methyl/N-ethyl adjacent to an activating group) is 2. The largest absolute Gasteiger partial charge is 0.312 e. The fourth-order valence-electron chi connectivity index (χ4n) is 3.36. The van der Waals surface area contributed by atoms with Crippen molar-refractivity contribution in [2.45, 2.75) is 39.3 Å². The van der Waals surface area contributed by atoms with Crippen molar-refractivity contribution in [3.8, 4) is 0 Å². The lowest BCUT2D eigenvalue weighted by atomic mass is 9.98. The summed E-state index contributed by atoms with van der Waals surface area (Å²) >= 11 is 0. The second-order valence-corrected chi connectivity index (χ2v) is 6.50. The molecule has 1 aliphatic rings. The molecule has 1 N–H and O–H groups in total. The zero-order valence-electron chi connectivity index (χ0n) is 14.3. The van der Waals surface area contributed by atoms with E-state index in [9.17, 15) is 0 Å². The second-order valence-electron chi connectivity index (χ2n) is 6.50. The molecule has 1 fully saturated rings. The van der Waals surface area contributed by atoms with Gasteiger partial charge in [0.2, 0.25) is 0 Å². The maximum Gasteiger partial charge on any atom is 0.0449 e. The summed E-state index contributed by atoms with van der Waals surface area (Å²) in [7, 11) is 4.34. The predicted octanol–water partition coefficient (Wildman–Crippen LogP) is 2.59. The van der Waals surface area contributed by atoms with Gasteiger partial charge in [-0.2, -0.15) is 0 Å². The Bertz CT molecular complexity index is 458. The lowest BCUT2D eigenvalue weighted by molar-refractivity contribution is 0.0865. The van der Waals surface area contributed by atoms with Crippen molar-refractivity contribution in [2.24, 2.45) is 0 Å². The molecule has 0 saturated carbocycles. The lowest BCUT2D eigenvalue weighted by Gasteiger charge is -2.40. The molecule has 21 heavy (non-hydrogen) atoms. The molecule has 2 unspecified atom stereocenters. The molecule has 118 valence electrons. The molecule has 0 bridgehead atoms. The van der Waals surface area contributed by atoms with E-state index in [0.717, 1.165) is 6.54 Å². The van der Waals surface area contributed by atoms with Crippen molar-refractivity contribution >= 4 is 0 Å². The minimum absolute atomic E-state index is 0.422. The first kappa shape index (κ1) is 16.5. The molecule has 0 amide bonds. The number of nitrogens with zero attached hydrogens (tertiary/aromatic N) is 2. The van der Waals surface area contributed by atoms with Crippen molar-refractivity contribution in [2.75, 3.05) is 40.3 Å². The van der Waals surface area contributed by atoms with Crippen LogP contribution in [0, 0.1) is 13.8 Å². The molecular formula is C18H31N3. The van der Waals surface area contributed by atoms with Crippen molar-refractivity contribution in [1.29, 1.82) is 0 Å². The van der Waals surface area contributed by atoms with Gasteiger partial charge < -0.3 is 10.2 Å². The van der Waals surface area contributed by atoms with Gasteiger partial charge >= 0.3 is 0 Å². The van der Waals surface area contributed by atoms with Crippen LogP contribution in [0.25, 0.3) is 0 Å². The van der Waals surface area contributed by atoms with E-state index in [1.807, 2.05) is 0 Å². The molecule has 0 spiro atoms. The van der Waals surface area contributed by atoms with Gasteiger partial charge in [-0.25, -0.2) is 0 Å².